The fourth-order valence-electron chi connectivity index (χ4n) is 2.82. The zero-order valence-corrected chi connectivity index (χ0v) is 18.2. The lowest BCUT2D eigenvalue weighted by Crippen LogP contribution is -2.44. The highest BCUT2D eigenvalue weighted by Gasteiger charge is 2.12. The van der Waals surface area contributed by atoms with E-state index in [1.54, 1.807) is 0 Å². The third-order valence-corrected chi connectivity index (χ3v) is 4.43. The minimum absolute atomic E-state index is 0. The molecule has 1 heterocycles. The van der Waals surface area contributed by atoms with E-state index in [4.69, 9.17) is 9.47 Å². The molecular formula is C22H41N3O3. The van der Waals surface area contributed by atoms with E-state index >= 15 is 0 Å². The quantitative estimate of drug-likeness (QED) is 0.651. The van der Waals surface area contributed by atoms with E-state index in [1.807, 2.05) is 44.2 Å². The van der Waals surface area contributed by atoms with E-state index in [0.717, 1.165) is 19.6 Å². The normalized spacial score (nSPS) is 15.0. The number of hydrogen-bond acceptors (Lipinski definition) is 5. The molecule has 1 fully saturated rings. The van der Waals surface area contributed by atoms with Crippen LogP contribution in [0, 0.1) is 0 Å². The van der Waals surface area contributed by atoms with Crippen LogP contribution in [0.5, 0.6) is 0 Å². The molecule has 6 nitrogen and oxygen atoms in total. The minimum atomic E-state index is -0.346. The Morgan fingerprint density at radius 1 is 1.18 bits per heavy atom. The van der Waals surface area contributed by atoms with Crippen LogP contribution < -0.4 is 5.32 Å². The molecule has 0 spiro atoms. The molecule has 0 bridgehead atoms. The monoisotopic (exact) mass is 395 g/mol. The molecule has 0 aromatic heterocycles. The summed E-state index contributed by atoms with van der Waals surface area (Å²) in [6.07, 6.45) is 1.59. The maximum Gasteiger partial charge on any atom is 0.407 e. The minimum Gasteiger partial charge on any atom is -0.447 e. The van der Waals surface area contributed by atoms with Crippen molar-refractivity contribution in [3.63, 3.8) is 0 Å². The van der Waals surface area contributed by atoms with Crippen molar-refractivity contribution in [1.29, 1.82) is 0 Å². The Labute approximate surface area is 172 Å². The van der Waals surface area contributed by atoms with Gasteiger partial charge in [-0.25, -0.2) is 4.79 Å². The Bertz CT molecular complexity index is 509. The first-order valence-electron chi connectivity index (χ1n) is 10.5. The van der Waals surface area contributed by atoms with Gasteiger partial charge in [0.25, 0.3) is 0 Å². The predicted octanol–water partition coefficient (Wildman–Crippen LogP) is 3.27. The third kappa shape index (κ3) is 12.7. The van der Waals surface area contributed by atoms with E-state index in [0.29, 0.717) is 6.54 Å². The van der Waals surface area contributed by atoms with Gasteiger partial charge in [-0.2, -0.15) is 0 Å². The van der Waals surface area contributed by atoms with Gasteiger partial charge < -0.3 is 24.6 Å². The lowest BCUT2D eigenvalue weighted by atomic mass is 10.1. The number of hydrogen-bond donors (Lipinski definition) is 1. The van der Waals surface area contributed by atoms with Crippen LogP contribution in [0.1, 0.15) is 34.2 Å². The summed E-state index contributed by atoms with van der Waals surface area (Å²) in [5.41, 5.74) is 1.21. The second-order valence-electron chi connectivity index (χ2n) is 7.31. The number of likely N-dealkylation sites (N-methyl/N-ethyl adjacent to an activating group) is 1. The third-order valence-electron chi connectivity index (χ3n) is 4.43. The van der Waals surface area contributed by atoms with Crippen LogP contribution in [-0.4, -0.2) is 81.5 Å². The second-order valence-corrected chi connectivity index (χ2v) is 7.31. The van der Waals surface area contributed by atoms with Crippen LogP contribution in [0.3, 0.4) is 0 Å². The average molecular weight is 396 g/mol. The van der Waals surface area contributed by atoms with Crippen LogP contribution in [0.15, 0.2) is 30.3 Å². The SMILES string of the molecule is CC(C)OC(=O)NCCc1ccccc1.CCOCCCN1CCN(C)CC1.[HH]. The fraction of sp³-hybridized carbons (Fsp3) is 0.682. The van der Waals surface area contributed by atoms with Crippen molar-refractivity contribution >= 4 is 6.09 Å². The van der Waals surface area contributed by atoms with Crippen LogP contribution >= 0.6 is 0 Å². The molecule has 6 heteroatoms. The zero-order valence-electron chi connectivity index (χ0n) is 18.2. The largest absolute Gasteiger partial charge is 0.447 e. The summed E-state index contributed by atoms with van der Waals surface area (Å²) in [6.45, 7) is 14.2. The first-order chi connectivity index (χ1) is 13.5. The first-order valence-corrected chi connectivity index (χ1v) is 10.5. The molecule has 0 unspecified atom stereocenters. The Balaban J connectivity index is 0.000000527. The molecule has 1 saturated heterocycles. The summed E-state index contributed by atoms with van der Waals surface area (Å²) in [4.78, 5) is 16.0. The number of carbonyl (C=O) groups is 1. The van der Waals surface area contributed by atoms with E-state index in [2.05, 4.69) is 29.1 Å². The summed E-state index contributed by atoms with van der Waals surface area (Å²) < 4.78 is 10.2. The molecule has 2 rings (SSSR count). The van der Waals surface area contributed by atoms with Gasteiger partial charge in [0.05, 0.1) is 6.10 Å². The van der Waals surface area contributed by atoms with Gasteiger partial charge >= 0.3 is 6.09 Å². The van der Waals surface area contributed by atoms with Crippen molar-refractivity contribution in [2.45, 2.75) is 39.7 Å². The molecule has 0 radical (unpaired) electrons. The number of carbonyl (C=O) groups excluding carboxylic acids is 1. The van der Waals surface area contributed by atoms with Gasteiger partial charge in [-0.15, -0.1) is 0 Å². The van der Waals surface area contributed by atoms with Crippen molar-refractivity contribution in [2.24, 2.45) is 0 Å². The Morgan fingerprint density at radius 2 is 1.86 bits per heavy atom. The number of benzene rings is 1. The summed E-state index contributed by atoms with van der Waals surface area (Å²) in [6, 6.07) is 10.0. The Hall–Kier alpha value is -1.63. The number of nitrogens with one attached hydrogen (secondary N) is 1. The predicted molar refractivity (Wildman–Crippen MR) is 117 cm³/mol. The number of alkyl carbamates (subject to hydrolysis) is 1. The molecule has 162 valence electrons. The van der Waals surface area contributed by atoms with Crippen LogP contribution in [-0.2, 0) is 15.9 Å². The van der Waals surface area contributed by atoms with Gasteiger partial charge in [0.15, 0.2) is 0 Å². The summed E-state index contributed by atoms with van der Waals surface area (Å²) in [7, 11) is 2.19. The smallest absolute Gasteiger partial charge is 0.407 e. The molecule has 0 aliphatic carbocycles. The van der Waals surface area contributed by atoms with E-state index in [9.17, 15) is 4.79 Å². The molecule has 1 amide bonds. The topological polar surface area (TPSA) is 54.0 Å². The highest BCUT2D eigenvalue weighted by atomic mass is 16.6. The van der Waals surface area contributed by atoms with Gasteiger partial charge in [0, 0.05) is 53.9 Å². The zero-order chi connectivity index (χ0) is 20.6. The Morgan fingerprint density at radius 3 is 2.46 bits per heavy atom. The van der Waals surface area contributed by atoms with Crippen molar-refractivity contribution in [1.82, 2.24) is 15.1 Å². The maximum absolute atomic E-state index is 11.1. The molecule has 1 aliphatic heterocycles. The fourth-order valence-corrected chi connectivity index (χ4v) is 2.82. The summed E-state index contributed by atoms with van der Waals surface area (Å²) >= 11 is 0. The molecule has 1 N–H and O–H groups in total. The molecule has 0 saturated carbocycles. The average Bonchev–Trinajstić information content (AvgIpc) is 2.67. The van der Waals surface area contributed by atoms with Gasteiger partial charge in [-0.05, 0) is 46.2 Å². The standard InChI is InChI=1S/C12H17NO2.C10H22N2O.H2/c1-10(2)15-12(14)13-9-8-11-6-4-3-5-7-11;1-3-13-10-4-5-12-8-6-11(2)7-9-12;/h3-7,10H,8-9H2,1-2H3,(H,13,14);3-10H2,1-2H3;1H. The highest BCUT2D eigenvalue weighted by molar-refractivity contribution is 5.67. The van der Waals surface area contributed by atoms with E-state index < -0.39 is 0 Å². The Kier molecular flexibility index (Phi) is 13.3. The molecular weight excluding hydrogens is 354 g/mol. The number of amides is 1. The van der Waals surface area contributed by atoms with Crippen LogP contribution in [0.25, 0.3) is 0 Å². The van der Waals surface area contributed by atoms with Crippen LogP contribution in [0.4, 0.5) is 4.79 Å². The second kappa shape index (κ2) is 15.3. The number of piperazine rings is 1. The van der Waals surface area contributed by atoms with Crippen molar-refractivity contribution in [2.75, 3.05) is 59.5 Å². The van der Waals surface area contributed by atoms with Gasteiger partial charge in [0.2, 0.25) is 0 Å². The first kappa shape index (κ1) is 24.4. The van der Waals surface area contributed by atoms with Gasteiger partial charge in [0.1, 0.15) is 0 Å². The number of rotatable bonds is 9. The van der Waals surface area contributed by atoms with Crippen molar-refractivity contribution in [3.8, 4) is 0 Å². The van der Waals surface area contributed by atoms with Crippen molar-refractivity contribution < 1.29 is 15.7 Å². The van der Waals surface area contributed by atoms with Gasteiger partial charge in [-0.1, -0.05) is 30.3 Å². The summed E-state index contributed by atoms with van der Waals surface area (Å²) in [5, 5.41) is 2.70. The van der Waals surface area contributed by atoms with E-state index in [-0.39, 0.29) is 13.6 Å². The molecule has 0 atom stereocenters. The van der Waals surface area contributed by atoms with Crippen LogP contribution in [0.2, 0.25) is 0 Å². The molecule has 1 aliphatic rings. The molecule has 1 aromatic carbocycles. The maximum atomic E-state index is 11.1. The lowest BCUT2D eigenvalue weighted by Gasteiger charge is -2.32. The lowest BCUT2D eigenvalue weighted by molar-refractivity contribution is 0.113. The number of ether oxygens (including phenoxy) is 2. The highest BCUT2D eigenvalue weighted by Crippen LogP contribution is 2.00. The molecule has 28 heavy (non-hydrogen) atoms. The number of nitrogens with zero attached hydrogens (tertiary/aromatic N) is 2. The summed E-state index contributed by atoms with van der Waals surface area (Å²) in [5.74, 6) is 0. The van der Waals surface area contributed by atoms with Gasteiger partial charge in [-0.3, -0.25) is 0 Å². The molecule has 1 aromatic rings. The van der Waals surface area contributed by atoms with Crippen molar-refractivity contribution in [3.05, 3.63) is 35.9 Å². The van der Waals surface area contributed by atoms with E-state index in [1.165, 1.54) is 44.7 Å².